The number of thioether (sulfide) groups is 1. The van der Waals surface area contributed by atoms with Crippen LogP contribution in [0.2, 0.25) is 0 Å². The van der Waals surface area contributed by atoms with E-state index in [4.69, 9.17) is 0 Å². The molecule has 2 aliphatic rings. The third-order valence-corrected chi connectivity index (χ3v) is 7.51. The number of carbonyl (C=O) groups is 1. The number of nitrogens with one attached hydrogen (secondary N) is 2. The van der Waals surface area contributed by atoms with Crippen molar-refractivity contribution >= 4 is 35.0 Å². The van der Waals surface area contributed by atoms with Crippen LogP contribution in [0.25, 0.3) is 0 Å². The summed E-state index contributed by atoms with van der Waals surface area (Å²) in [6, 6.07) is 2.14. The Bertz CT molecular complexity index is 622. The molecular weight excluding hydrogens is 352 g/mol. The maximum atomic E-state index is 12.4. The van der Waals surface area contributed by atoms with Gasteiger partial charge in [0.05, 0.1) is 0 Å². The zero-order valence-corrected chi connectivity index (χ0v) is 16.8. The van der Waals surface area contributed by atoms with Gasteiger partial charge in [-0.25, -0.2) is 0 Å². The van der Waals surface area contributed by atoms with Crippen LogP contribution in [0, 0.1) is 0 Å². The van der Waals surface area contributed by atoms with Gasteiger partial charge in [-0.15, -0.1) is 11.3 Å². The molecule has 1 saturated heterocycles. The zero-order valence-electron chi connectivity index (χ0n) is 15.1. The Hall–Kier alpha value is -1.21. The SMILES string of the molecule is CN=C(NCCC(=O)N1CCc2sccc2C1)NCC1(C)CCCS1. The lowest BCUT2D eigenvalue weighted by molar-refractivity contribution is -0.131. The number of thiophene rings is 1. The van der Waals surface area contributed by atoms with Crippen molar-refractivity contribution in [2.45, 2.75) is 43.9 Å². The van der Waals surface area contributed by atoms with Crippen LogP contribution >= 0.6 is 23.1 Å². The number of carbonyl (C=O) groups excluding carboxylic acids is 1. The van der Waals surface area contributed by atoms with Crippen molar-refractivity contribution in [2.24, 2.45) is 4.99 Å². The van der Waals surface area contributed by atoms with Gasteiger partial charge < -0.3 is 15.5 Å². The molecule has 1 unspecified atom stereocenters. The first-order valence-electron chi connectivity index (χ1n) is 9.01. The number of nitrogens with zero attached hydrogens (tertiary/aromatic N) is 2. The van der Waals surface area contributed by atoms with Gasteiger partial charge in [0.15, 0.2) is 5.96 Å². The van der Waals surface area contributed by atoms with E-state index in [0.717, 1.165) is 32.0 Å². The van der Waals surface area contributed by atoms with E-state index in [1.807, 2.05) is 16.7 Å². The molecule has 3 heterocycles. The van der Waals surface area contributed by atoms with Crippen LogP contribution in [-0.2, 0) is 17.8 Å². The van der Waals surface area contributed by atoms with Crippen LogP contribution in [0.1, 0.15) is 36.6 Å². The third-order valence-electron chi connectivity index (χ3n) is 4.95. The van der Waals surface area contributed by atoms with E-state index in [9.17, 15) is 4.79 Å². The maximum Gasteiger partial charge on any atom is 0.224 e. The fourth-order valence-corrected chi connectivity index (χ4v) is 5.51. The Morgan fingerprint density at radius 1 is 1.44 bits per heavy atom. The molecule has 7 heteroatoms. The van der Waals surface area contributed by atoms with Gasteiger partial charge in [0.1, 0.15) is 0 Å². The number of fused-ring (bicyclic) bond motifs is 1. The Balaban J connectivity index is 1.38. The van der Waals surface area contributed by atoms with E-state index in [-0.39, 0.29) is 5.91 Å². The molecule has 0 aliphatic carbocycles. The van der Waals surface area contributed by atoms with Crippen LogP contribution in [0.4, 0.5) is 0 Å². The Labute approximate surface area is 158 Å². The smallest absolute Gasteiger partial charge is 0.224 e. The highest BCUT2D eigenvalue weighted by Crippen LogP contribution is 2.36. The summed E-state index contributed by atoms with van der Waals surface area (Å²) < 4.78 is 0.305. The number of amides is 1. The molecule has 0 spiro atoms. The van der Waals surface area contributed by atoms with Crippen molar-refractivity contribution in [3.63, 3.8) is 0 Å². The molecule has 138 valence electrons. The largest absolute Gasteiger partial charge is 0.356 e. The van der Waals surface area contributed by atoms with Crippen LogP contribution in [-0.4, -0.2) is 53.9 Å². The maximum absolute atomic E-state index is 12.4. The molecule has 1 aromatic rings. The van der Waals surface area contributed by atoms with Crippen LogP contribution in [0.5, 0.6) is 0 Å². The first-order valence-corrected chi connectivity index (χ1v) is 10.9. The molecule has 1 amide bonds. The number of aliphatic imine (C=N–C) groups is 1. The van der Waals surface area contributed by atoms with Crippen LogP contribution in [0.15, 0.2) is 16.4 Å². The van der Waals surface area contributed by atoms with Gasteiger partial charge in [0.2, 0.25) is 5.91 Å². The van der Waals surface area contributed by atoms with Crippen molar-refractivity contribution in [3.8, 4) is 0 Å². The minimum Gasteiger partial charge on any atom is -0.356 e. The van der Waals surface area contributed by atoms with Gasteiger partial charge in [-0.2, -0.15) is 11.8 Å². The number of hydrogen-bond acceptors (Lipinski definition) is 4. The molecular formula is C18H28N4OS2. The minimum absolute atomic E-state index is 0.220. The third kappa shape index (κ3) is 4.91. The molecule has 0 aromatic carbocycles. The van der Waals surface area contributed by atoms with Crippen molar-refractivity contribution < 1.29 is 4.79 Å². The van der Waals surface area contributed by atoms with Gasteiger partial charge in [-0.3, -0.25) is 9.79 Å². The van der Waals surface area contributed by atoms with Crippen molar-refractivity contribution in [2.75, 3.05) is 32.4 Å². The van der Waals surface area contributed by atoms with Crippen LogP contribution in [0.3, 0.4) is 0 Å². The second-order valence-corrected chi connectivity index (χ2v) is 9.62. The van der Waals surface area contributed by atoms with E-state index >= 15 is 0 Å². The highest BCUT2D eigenvalue weighted by Gasteiger charge is 2.29. The predicted octanol–water partition coefficient (Wildman–Crippen LogP) is 2.47. The molecule has 0 saturated carbocycles. The molecule has 1 atom stereocenters. The van der Waals surface area contributed by atoms with E-state index in [1.54, 1.807) is 18.4 Å². The molecule has 2 aliphatic heterocycles. The predicted molar refractivity (Wildman–Crippen MR) is 108 cm³/mol. The lowest BCUT2D eigenvalue weighted by atomic mass is 10.1. The highest BCUT2D eigenvalue weighted by molar-refractivity contribution is 8.00. The molecule has 1 fully saturated rings. The molecule has 0 radical (unpaired) electrons. The fourth-order valence-electron chi connectivity index (χ4n) is 3.37. The van der Waals surface area contributed by atoms with E-state index in [0.29, 0.717) is 17.7 Å². The summed E-state index contributed by atoms with van der Waals surface area (Å²) in [5.74, 6) is 2.26. The molecule has 1 aromatic heterocycles. The number of rotatable bonds is 5. The first-order chi connectivity index (χ1) is 12.1. The first kappa shape index (κ1) is 18.6. The zero-order chi connectivity index (χ0) is 17.7. The van der Waals surface area contributed by atoms with Gasteiger partial charge >= 0.3 is 0 Å². The molecule has 25 heavy (non-hydrogen) atoms. The highest BCUT2D eigenvalue weighted by atomic mass is 32.2. The summed E-state index contributed by atoms with van der Waals surface area (Å²) in [6.45, 7) is 5.45. The van der Waals surface area contributed by atoms with E-state index < -0.39 is 0 Å². The number of guanidine groups is 1. The Morgan fingerprint density at radius 3 is 3.08 bits per heavy atom. The normalized spacial score (nSPS) is 23.4. The van der Waals surface area contributed by atoms with Crippen molar-refractivity contribution in [3.05, 3.63) is 21.9 Å². The molecule has 0 bridgehead atoms. The summed E-state index contributed by atoms with van der Waals surface area (Å²) in [5.41, 5.74) is 1.32. The lowest BCUT2D eigenvalue weighted by Crippen LogP contribution is -2.45. The quantitative estimate of drug-likeness (QED) is 0.609. The molecule has 3 rings (SSSR count). The van der Waals surface area contributed by atoms with E-state index in [2.05, 4.69) is 34.0 Å². The van der Waals surface area contributed by atoms with Gasteiger partial charge in [-0.05, 0) is 48.9 Å². The van der Waals surface area contributed by atoms with Crippen molar-refractivity contribution in [1.82, 2.24) is 15.5 Å². The summed E-state index contributed by atoms with van der Waals surface area (Å²) in [6.07, 6.45) is 4.04. The average molecular weight is 381 g/mol. The second kappa shape index (κ2) is 8.45. The summed E-state index contributed by atoms with van der Waals surface area (Å²) >= 11 is 3.84. The number of hydrogen-bond donors (Lipinski definition) is 2. The minimum atomic E-state index is 0.220. The Morgan fingerprint density at radius 2 is 2.32 bits per heavy atom. The summed E-state index contributed by atoms with van der Waals surface area (Å²) in [7, 11) is 1.78. The average Bonchev–Trinajstić information content (AvgIpc) is 3.26. The monoisotopic (exact) mass is 380 g/mol. The molecule has 2 N–H and O–H groups in total. The van der Waals surface area contributed by atoms with Gasteiger partial charge in [0, 0.05) is 49.3 Å². The fraction of sp³-hybridized carbons (Fsp3) is 0.667. The van der Waals surface area contributed by atoms with Gasteiger partial charge in [0.25, 0.3) is 0 Å². The summed E-state index contributed by atoms with van der Waals surface area (Å²) in [5, 5.41) is 8.81. The van der Waals surface area contributed by atoms with Crippen molar-refractivity contribution in [1.29, 1.82) is 0 Å². The van der Waals surface area contributed by atoms with Crippen LogP contribution < -0.4 is 10.6 Å². The molecule has 5 nitrogen and oxygen atoms in total. The van der Waals surface area contributed by atoms with Gasteiger partial charge in [-0.1, -0.05) is 0 Å². The lowest BCUT2D eigenvalue weighted by Gasteiger charge is -2.27. The van der Waals surface area contributed by atoms with E-state index in [1.165, 1.54) is 29.0 Å². The standard InChI is InChI=1S/C18H28N4OS2/c1-18(7-3-10-25-18)13-21-17(19-2)20-8-4-16(23)22-9-5-15-14(12-22)6-11-24-15/h6,11H,3-5,7-10,12-13H2,1-2H3,(H2,19,20,21). The summed E-state index contributed by atoms with van der Waals surface area (Å²) in [4.78, 5) is 20.1. The second-order valence-electron chi connectivity index (χ2n) is 6.94. The topological polar surface area (TPSA) is 56.7 Å². The Kier molecular flexibility index (Phi) is 6.28.